The van der Waals surface area contributed by atoms with E-state index < -0.39 is 35.3 Å². The summed E-state index contributed by atoms with van der Waals surface area (Å²) in [6.45, 7) is 4.92. The van der Waals surface area contributed by atoms with Crippen LogP contribution in [0.4, 0.5) is 9.18 Å². The van der Waals surface area contributed by atoms with Gasteiger partial charge in [-0.05, 0) is 64.3 Å². The largest absolute Gasteiger partial charge is 0.506 e. The van der Waals surface area contributed by atoms with Crippen molar-refractivity contribution in [1.29, 1.82) is 0 Å². The first-order valence-corrected chi connectivity index (χ1v) is 8.08. The number of phenolic OH excluding ortho intramolecular Hbond substituents is 1. The fourth-order valence-corrected chi connectivity index (χ4v) is 2.87. The summed E-state index contributed by atoms with van der Waals surface area (Å²) < 4.78 is 18.5. The first-order chi connectivity index (χ1) is 10.4. The van der Waals surface area contributed by atoms with E-state index in [-0.39, 0.29) is 20.9 Å². The SMILES string of the molecule is CC(C)(C)OC(=O)NC(Cc1cc(Br)c(F)c(Br)c1O)C(=O)O. The number of aliphatic carboxylic acids is 1. The van der Waals surface area contributed by atoms with Gasteiger partial charge in [-0.15, -0.1) is 0 Å². The molecule has 23 heavy (non-hydrogen) atoms. The number of carboxylic acid groups (broad SMARTS) is 1. The lowest BCUT2D eigenvalue weighted by molar-refractivity contribution is -0.139. The van der Waals surface area contributed by atoms with E-state index in [1.165, 1.54) is 6.07 Å². The van der Waals surface area contributed by atoms with Crippen LogP contribution in [0.5, 0.6) is 5.75 Å². The average Bonchev–Trinajstić information content (AvgIpc) is 2.39. The molecule has 1 aromatic rings. The average molecular weight is 457 g/mol. The number of hydrogen-bond donors (Lipinski definition) is 3. The van der Waals surface area contributed by atoms with Crippen molar-refractivity contribution in [3.8, 4) is 5.75 Å². The number of hydrogen-bond acceptors (Lipinski definition) is 4. The van der Waals surface area contributed by atoms with Crippen LogP contribution in [0.1, 0.15) is 26.3 Å². The van der Waals surface area contributed by atoms with E-state index in [0.717, 1.165) is 0 Å². The normalized spacial score (nSPS) is 12.6. The molecule has 0 aliphatic carbocycles. The van der Waals surface area contributed by atoms with E-state index in [0.29, 0.717) is 0 Å². The Labute approximate surface area is 149 Å². The zero-order valence-corrected chi connectivity index (χ0v) is 15.8. The van der Waals surface area contributed by atoms with E-state index in [1.54, 1.807) is 20.8 Å². The third-order valence-corrected chi connectivity index (χ3v) is 3.93. The van der Waals surface area contributed by atoms with Gasteiger partial charge in [0.2, 0.25) is 0 Å². The number of alkyl carbamates (subject to hydrolysis) is 1. The number of phenols is 1. The summed E-state index contributed by atoms with van der Waals surface area (Å²) in [7, 11) is 0. The van der Waals surface area contributed by atoms with Gasteiger partial charge in [-0.25, -0.2) is 14.0 Å². The van der Waals surface area contributed by atoms with Gasteiger partial charge in [0, 0.05) is 6.42 Å². The maximum atomic E-state index is 13.6. The Balaban J connectivity index is 2.98. The summed E-state index contributed by atoms with van der Waals surface area (Å²) in [5.74, 6) is -2.45. The summed E-state index contributed by atoms with van der Waals surface area (Å²) in [4.78, 5) is 23.0. The number of benzene rings is 1. The lowest BCUT2D eigenvalue weighted by Crippen LogP contribution is -2.44. The molecule has 3 N–H and O–H groups in total. The second-order valence-electron chi connectivity index (χ2n) is 5.74. The van der Waals surface area contributed by atoms with Gasteiger partial charge in [0.1, 0.15) is 17.4 Å². The molecule has 0 bridgehead atoms. The minimum absolute atomic E-state index is 0.0542. The topological polar surface area (TPSA) is 95.9 Å². The molecule has 1 atom stereocenters. The van der Waals surface area contributed by atoms with Crippen molar-refractivity contribution < 1.29 is 28.9 Å². The first kappa shape index (κ1) is 19.7. The molecular weight excluding hydrogens is 441 g/mol. The van der Waals surface area contributed by atoms with E-state index in [2.05, 4.69) is 37.2 Å². The Morgan fingerprint density at radius 3 is 2.43 bits per heavy atom. The lowest BCUT2D eigenvalue weighted by atomic mass is 10.0. The molecule has 0 radical (unpaired) electrons. The van der Waals surface area contributed by atoms with E-state index in [4.69, 9.17) is 4.74 Å². The molecule has 0 spiro atoms. The number of carboxylic acids is 1. The van der Waals surface area contributed by atoms with Gasteiger partial charge in [-0.1, -0.05) is 0 Å². The van der Waals surface area contributed by atoms with Gasteiger partial charge in [0.25, 0.3) is 0 Å². The van der Waals surface area contributed by atoms with Crippen molar-refractivity contribution in [3.63, 3.8) is 0 Å². The standard InChI is InChI=1S/C14H16Br2FNO5/c1-14(2,3)23-13(22)18-8(12(20)21)5-6-4-7(15)10(17)9(16)11(6)19/h4,8,19H,5H2,1-3H3,(H,18,22)(H,20,21). The fourth-order valence-electron chi connectivity index (χ4n) is 1.66. The van der Waals surface area contributed by atoms with Crippen LogP contribution in [-0.2, 0) is 16.0 Å². The van der Waals surface area contributed by atoms with Crippen molar-refractivity contribution in [2.45, 2.75) is 38.8 Å². The number of amides is 1. The Kier molecular flexibility index (Phi) is 6.41. The lowest BCUT2D eigenvalue weighted by Gasteiger charge is -2.22. The number of rotatable bonds is 4. The van der Waals surface area contributed by atoms with Crippen LogP contribution >= 0.6 is 31.9 Å². The van der Waals surface area contributed by atoms with Crippen LogP contribution in [0, 0.1) is 5.82 Å². The highest BCUT2D eigenvalue weighted by Crippen LogP contribution is 2.35. The molecule has 9 heteroatoms. The summed E-state index contributed by atoms with van der Waals surface area (Å²) in [6.07, 6.45) is -1.15. The Bertz CT molecular complexity index is 631. The predicted molar refractivity (Wildman–Crippen MR) is 88.0 cm³/mol. The summed E-state index contributed by atoms with van der Waals surface area (Å²) in [5, 5.41) is 21.3. The molecule has 1 rings (SSSR count). The zero-order chi connectivity index (χ0) is 17.9. The first-order valence-electron chi connectivity index (χ1n) is 6.50. The van der Waals surface area contributed by atoms with E-state index in [9.17, 15) is 24.2 Å². The Morgan fingerprint density at radius 1 is 1.39 bits per heavy atom. The molecule has 6 nitrogen and oxygen atoms in total. The molecular formula is C14H16Br2FNO5. The van der Waals surface area contributed by atoms with Crippen LogP contribution < -0.4 is 5.32 Å². The Morgan fingerprint density at radius 2 is 1.96 bits per heavy atom. The summed E-state index contributed by atoms with van der Waals surface area (Å²) in [5.41, 5.74) is -0.634. The number of ether oxygens (including phenoxy) is 1. The highest BCUT2D eigenvalue weighted by Gasteiger charge is 2.26. The molecule has 0 fully saturated rings. The number of carbonyl (C=O) groups excluding carboxylic acids is 1. The van der Waals surface area contributed by atoms with Crippen LogP contribution in [0.15, 0.2) is 15.0 Å². The van der Waals surface area contributed by atoms with Crippen molar-refractivity contribution >= 4 is 43.9 Å². The maximum Gasteiger partial charge on any atom is 0.408 e. The number of halogens is 3. The van der Waals surface area contributed by atoms with Crippen LogP contribution in [0.2, 0.25) is 0 Å². The van der Waals surface area contributed by atoms with Crippen LogP contribution in [0.3, 0.4) is 0 Å². The van der Waals surface area contributed by atoms with E-state index in [1.807, 2.05) is 0 Å². The minimum atomic E-state index is -1.35. The molecule has 1 unspecified atom stereocenters. The third-order valence-electron chi connectivity index (χ3n) is 2.63. The quantitative estimate of drug-likeness (QED) is 0.602. The van der Waals surface area contributed by atoms with Crippen molar-refractivity contribution in [2.75, 3.05) is 0 Å². The van der Waals surface area contributed by atoms with Crippen LogP contribution in [-0.4, -0.2) is 33.9 Å². The molecule has 1 amide bonds. The van der Waals surface area contributed by atoms with Gasteiger partial charge in [0.05, 0.1) is 8.95 Å². The highest BCUT2D eigenvalue weighted by molar-refractivity contribution is 9.11. The van der Waals surface area contributed by atoms with Crippen LogP contribution in [0.25, 0.3) is 0 Å². The Hall–Kier alpha value is -1.35. The molecule has 0 saturated heterocycles. The maximum absolute atomic E-state index is 13.6. The monoisotopic (exact) mass is 455 g/mol. The number of nitrogens with one attached hydrogen (secondary N) is 1. The molecule has 0 heterocycles. The van der Waals surface area contributed by atoms with Gasteiger partial charge in [-0.3, -0.25) is 0 Å². The molecule has 0 saturated carbocycles. The number of aromatic hydroxyl groups is 1. The molecule has 0 aliphatic rings. The second kappa shape index (κ2) is 7.48. The number of carbonyl (C=O) groups is 2. The van der Waals surface area contributed by atoms with Gasteiger partial charge >= 0.3 is 12.1 Å². The molecule has 128 valence electrons. The third kappa shape index (κ3) is 5.65. The van der Waals surface area contributed by atoms with Gasteiger partial charge in [0.15, 0.2) is 5.82 Å². The van der Waals surface area contributed by atoms with Crippen molar-refractivity contribution in [2.24, 2.45) is 0 Å². The molecule has 0 aromatic heterocycles. The van der Waals surface area contributed by atoms with Gasteiger partial charge in [-0.2, -0.15) is 0 Å². The summed E-state index contributed by atoms with van der Waals surface area (Å²) >= 11 is 5.86. The second-order valence-corrected chi connectivity index (χ2v) is 7.38. The highest BCUT2D eigenvalue weighted by atomic mass is 79.9. The zero-order valence-electron chi connectivity index (χ0n) is 12.6. The fraction of sp³-hybridized carbons (Fsp3) is 0.429. The van der Waals surface area contributed by atoms with Gasteiger partial charge < -0.3 is 20.3 Å². The predicted octanol–water partition coefficient (Wildman–Crippen LogP) is 3.58. The molecule has 0 aliphatic heterocycles. The smallest absolute Gasteiger partial charge is 0.408 e. The van der Waals surface area contributed by atoms with Crippen molar-refractivity contribution in [3.05, 3.63) is 26.4 Å². The molecule has 1 aromatic carbocycles. The summed E-state index contributed by atoms with van der Waals surface area (Å²) in [6, 6.07) is -0.0951. The van der Waals surface area contributed by atoms with Crippen molar-refractivity contribution in [1.82, 2.24) is 5.32 Å². The minimum Gasteiger partial charge on any atom is -0.506 e. The van der Waals surface area contributed by atoms with E-state index >= 15 is 0 Å².